The quantitative estimate of drug-likeness (QED) is 0.698. The lowest BCUT2D eigenvalue weighted by Crippen LogP contribution is -2.38. The van der Waals surface area contributed by atoms with Crippen molar-refractivity contribution >= 4 is 5.78 Å². The fraction of sp³-hybridized carbons (Fsp3) is 0.917. The number of hydrogen-bond acceptors (Lipinski definition) is 3. The molecule has 0 N–H and O–H groups in total. The van der Waals surface area contributed by atoms with Crippen LogP contribution in [0.15, 0.2) is 0 Å². The summed E-state index contributed by atoms with van der Waals surface area (Å²) in [5.41, 5.74) is 0. The molecule has 0 saturated heterocycles. The topological polar surface area (TPSA) is 29.5 Å². The van der Waals surface area contributed by atoms with Gasteiger partial charge in [-0.2, -0.15) is 0 Å². The van der Waals surface area contributed by atoms with Crippen LogP contribution in [-0.2, 0) is 9.53 Å². The van der Waals surface area contributed by atoms with Gasteiger partial charge in [-0.15, -0.1) is 0 Å². The molecule has 1 unspecified atom stereocenters. The summed E-state index contributed by atoms with van der Waals surface area (Å²) in [4.78, 5) is 13.6. The Balaban J connectivity index is 2.20. The average molecular weight is 213 g/mol. The minimum Gasteiger partial charge on any atom is -0.377 e. The smallest absolute Gasteiger partial charge is 0.134 e. The molecule has 0 bridgehead atoms. The van der Waals surface area contributed by atoms with Gasteiger partial charge in [-0.1, -0.05) is 0 Å². The molecule has 1 saturated carbocycles. The first-order valence-electron chi connectivity index (χ1n) is 5.93. The van der Waals surface area contributed by atoms with E-state index in [9.17, 15) is 4.79 Å². The second-order valence-corrected chi connectivity index (χ2v) is 4.69. The van der Waals surface area contributed by atoms with Gasteiger partial charge in [-0.25, -0.2) is 0 Å². The molecule has 1 rings (SSSR count). The van der Waals surface area contributed by atoms with Crippen molar-refractivity contribution in [2.75, 3.05) is 20.2 Å². The first kappa shape index (κ1) is 12.7. The molecule has 0 radical (unpaired) electrons. The van der Waals surface area contributed by atoms with Gasteiger partial charge in [-0.05, 0) is 33.7 Å². The van der Waals surface area contributed by atoms with E-state index in [-0.39, 0.29) is 0 Å². The first-order chi connectivity index (χ1) is 7.09. The zero-order valence-corrected chi connectivity index (χ0v) is 10.2. The van der Waals surface area contributed by atoms with E-state index in [2.05, 4.69) is 11.9 Å². The molecule has 1 fully saturated rings. The Hall–Kier alpha value is -0.410. The van der Waals surface area contributed by atoms with Crippen molar-refractivity contribution in [1.29, 1.82) is 0 Å². The summed E-state index contributed by atoms with van der Waals surface area (Å²) < 4.78 is 5.50. The van der Waals surface area contributed by atoms with Crippen LogP contribution in [0.25, 0.3) is 0 Å². The fourth-order valence-electron chi connectivity index (χ4n) is 1.99. The predicted octanol–water partition coefficient (Wildman–Crippen LogP) is 1.85. The number of nitrogens with zero attached hydrogens (tertiary/aromatic N) is 1. The molecular weight excluding hydrogens is 190 g/mol. The highest BCUT2D eigenvalue weighted by molar-refractivity contribution is 5.79. The molecule has 88 valence electrons. The maximum absolute atomic E-state index is 11.3. The summed E-state index contributed by atoms with van der Waals surface area (Å²) in [5, 5.41) is 0. The van der Waals surface area contributed by atoms with Gasteiger partial charge in [0.1, 0.15) is 5.78 Å². The Morgan fingerprint density at radius 1 is 1.53 bits per heavy atom. The zero-order valence-electron chi connectivity index (χ0n) is 10.2. The highest BCUT2D eigenvalue weighted by Gasteiger charge is 2.22. The molecule has 1 atom stereocenters. The van der Waals surface area contributed by atoms with E-state index in [1.165, 1.54) is 0 Å². The Morgan fingerprint density at radius 2 is 2.27 bits per heavy atom. The third kappa shape index (κ3) is 4.76. The van der Waals surface area contributed by atoms with Crippen LogP contribution in [0.5, 0.6) is 0 Å². The molecule has 3 heteroatoms. The monoisotopic (exact) mass is 213 g/mol. The van der Waals surface area contributed by atoms with Crippen LogP contribution >= 0.6 is 0 Å². The van der Waals surface area contributed by atoms with E-state index < -0.39 is 0 Å². The van der Waals surface area contributed by atoms with Gasteiger partial charge in [0, 0.05) is 25.4 Å². The van der Waals surface area contributed by atoms with Crippen LogP contribution in [-0.4, -0.2) is 43.0 Å². The zero-order chi connectivity index (χ0) is 11.3. The summed E-state index contributed by atoms with van der Waals surface area (Å²) >= 11 is 0. The van der Waals surface area contributed by atoms with Gasteiger partial charge in [0.15, 0.2) is 0 Å². The third-order valence-electron chi connectivity index (χ3n) is 2.97. The number of Topliss-reactive ketones (excluding diaryl/α,β-unsaturated/α-hetero) is 1. The lowest BCUT2D eigenvalue weighted by molar-refractivity contribution is -0.122. The van der Waals surface area contributed by atoms with Crippen molar-refractivity contribution < 1.29 is 9.53 Å². The molecule has 1 aliphatic rings. The highest BCUT2D eigenvalue weighted by Crippen LogP contribution is 2.18. The van der Waals surface area contributed by atoms with Gasteiger partial charge in [0.2, 0.25) is 0 Å². The van der Waals surface area contributed by atoms with E-state index in [0.717, 1.165) is 38.8 Å². The minimum atomic E-state index is 0.298. The fourth-order valence-corrected chi connectivity index (χ4v) is 1.99. The Bertz CT molecular complexity index is 204. The molecule has 0 aromatic carbocycles. The van der Waals surface area contributed by atoms with Crippen LogP contribution in [0.2, 0.25) is 0 Å². The predicted molar refractivity (Wildman–Crippen MR) is 61.0 cm³/mol. The van der Waals surface area contributed by atoms with Crippen LogP contribution < -0.4 is 0 Å². The Kier molecular flexibility index (Phi) is 5.26. The standard InChI is InChI=1S/C12H23NO2/c1-10(2)15-8-7-13(3)11-5-4-6-12(14)9-11/h10-11H,4-9H2,1-3H3. The van der Waals surface area contributed by atoms with Gasteiger partial charge in [0.25, 0.3) is 0 Å². The second-order valence-electron chi connectivity index (χ2n) is 4.69. The lowest BCUT2D eigenvalue weighted by atomic mass is 9.93. The number of rotatable bonds is 5. The molecule has 1 aliphatic carbocycles. The number of likely N-dealkylation sites (N-methyl/N-ethyl adjacent to an activating group) is 1. The van der Waals surface area contributed by atoms with E-state index >= 15 is 0 Å². The lowest BCUT2D eigenvalue weighted by Gasteiger charge is -2.30. The number of ketones is 1. The maximum Gasteiger partial charge on any atom is 0.134 e. The number of carbonyl (C=O) groups excluding carboxylic acids is 1. The van der Waals surface area contributed by atoms with Gasteiger partial charge < -0.3 is 9.64 Å². The van der Waals surface area contributed by atoms with E-state index in [0.29, 0.717) is 17.9 Å². The van der Waals surface area contributed by atoms with Crippen molar-refractivity contribution in [1.82, 2.24) is 4.90 Å². The number of carbonyl (C=O) groups is 1. The van der Waals surface area contributed by atoms with E-state index in [4.69, 9.17) is 4.74 Å². The van der Waals surface area contributed by atoms with Crippen molar-refractivity contribution in [3.05, 3.63) is 0 Å². The van der Waals surface area contributed by atoms with Gasteiger partial charge >= 0.3 is 0 Å². The first-order valence-corrected chi connectivity index (χ1v) is 5.93. The van der Waals surface area contributed by atoms with Gasteiger partial charge in [0.05, 0.1) is 12.7 Å². The van der Waals surface area contributed by atoms with Crippen LogP contribution in [0.4, 0.5) is 0 Å². The average Bonchev–Trinajstić information content (AvgIpc) is 2.17. The molecular formula is C12H23NO2. The van der Waals surface area contributed by atoms with Crippen molar-refractivity contribution in [2.45, 2.75) is 51.7 Å². The minimum absolute atomic E-state index is 0.298. The second kappa shape index (κ2) is 6.23. The van der Waals surface area contributed by atoms with Gasteiger partial charge in [-0.3, -0.25) is 4.79 Å². The Morgan fingerprint density at radius 3 is 2.87 bits per heavy atom. The number of ether oxygens (including phenoxy) is 1. The third-order valence-corrected chi connectivity index (χ3v) is 2.97. The summed E-state index contributed by atoms with van der Waals surface area (Å²) in [6, 6.07) is 0.446. The molecule has 3 nitrogen and oxygen atoms in total. The normalized spacial score (nSPS) is 22.7. The summed E-state index contributed by atoms with van der Waals surface area (Å²) in [5.74, 6) is 0.419. The summed E-state index contributed by atoms with van der Waals surface area (Å²) in [7, 11) is 2.09. The van der Waals surface area contributed by atoms with E-state index in [1.807, 2.05) is 13.8 Å². The molecule has 0 aliphatic heterocycles. The molecule has 0 heterocycles. The van der Waals surface area contributed by atoms with Crippen LogP contribution in [0, 0.1) is 0 Å². The largest absolute Gasteiger partial charge is 0.377 e. The molecule has 0 spiro atoms. The Labute approximate surface area is 92.8 Å². The van der Waals surface area contributed by atoms with E-state index in [1.54, 1.807) is 0 Å². The number of hydrogen-bond donors (Lipinski definition) is 0. The molecule has 15 heavy (non-hydrogen) atoms. The summed E-state index contributed by atoms with van der Waals surface area (Å²) in [6.45, 7) is 5.78. The van der Waals surface area contributed by atoms with Crippen LogP contribution in [0.3, 0.4) is 0 Å². The molecule has 0 aromatic heterocycles. The highest BCUT2D eigenvalue weighted by atomic mass is 16.5. The summed E-state index contributed by atoms with van der Waals surface area (Å²) in [6.07, 6.45) is 4.03. The van der Waals surface area contributed by atoms with Crippen molar-refractivity contribution in [3.8, 4) is 0 Å². The maximum atomic E-state index is 11.3. The SMILES string of the molecule is CC(C)OCCN(C)C1CCCC(=O)C1. The van der Waals surface area contributed by atoms with Crippen molar-refractivity contribution in [3.63, 3.8) is 0 Å². The van der Waals surface area contributed by atoms with Crippen molar-refractivity contribution in [2.24, 2.45) is 0 Å². The van der Waals surface area contributed by atoms with Crippen LogP contribution in [0.1, 0.15) is 39.5 Å². The molecule has 0 aromatic rings. The molecule has 0 amide bonds.